The standard InChI is InChI=1S/C18H14ClFN2O2/c19-13-7-12-8-16(21-17(12)15(20)9-13)22-14(10-24-18(22)23)6-11-4-2-1-3-5-11/h1-5,7-9,14,21H,6,10H2. The molecule has 1 aromatic heterocycles. The van der Waals surface area contributed by atoms with Gasteiger partial charge in [-0.3, -0.25) is 4.90 Å². The zero-order chi connectivity index (χ0) is 16.7. The predicted molar refractivity (Wildman–Crippen MR) is 91.0 cm³/mol. The van der Waals surface area contributed by atoms with E-state index in [1.807, 2.05) is 30.3 Å². The highest BCUT2D eigenvalue weighted by Crippen LogP contribution is 2.31. The topological polar surface area (TPSA) is 45.3 Å². The molecule has 1 saturated heterocycles. The zero-order valence-electron chi connectivity index (χ0n) is 12.6. The number of H-pyrrole nitrogens is 1. The molecular formula is C18H14ClFN2O2. The van der Waals surface area contributed by atoms with Gasteiger partial charge in [0.1, 0.15) is 18.2 Å². The number of nitrogens with one attached hydrogen (secondary N) is 1. The molecule has 1 aliphatic rings. The van der Waals surface area contributed by atoms with Gasteiger partial charge in [0, 0.05) is 10.4 Å². The van der Waals surface area contributed by atoms with Crippen LogP contribution in [0.3, 0.4) is 0 Å². The second-order valence-corrected chi connectivity index (χ2v) is 6.23. The quantitative estimate of drug-likeness (QED) is 0.758. The van der Waals surface area contributed by atoms with Gasteiger partial charge < -0.3 is 9.72 Å². The average Bonchev–Trinajstić information content (AvgIpc) is 3.12. The maximum atomic E-state index is 14.0. The Labute approximate surface area is 142 Å². The molecule has 6 heteroatoms. The molecule has 0 aliphatic carbocycles. The Kier molecular flexibility index (Phi) is 3.65. The number of ether oxygens (including phenoxy) is 1. The molecule has 2 heterocycles. The minimum Gasteiger partial charge on any atom is -0.447 e. The molecule has 1 amide bonds. The summed E-state index contributed by atoms with van der Waals surface area (Å²) in [7, 11) is 0. The number of aromatic amines is 1. The molecule has 3 aromatic rings. The van der Waals surface area contributed by atoms with Crippen LogP contribution in [0.4, 0.5) is 15.0 Å². The Balaban J connectivity index is 1.70. The van der Waals surface area contributed by atoms with Gasteiger partial charge in [-0.25, -0.2) is 9.18 Å². The van der Waals surface area contributed by atoms with Crippen LogP contribution in [-0.4, -0.2) is 23.7 Å². The number of aromatic nitrogens is 1. The van der Waals surface area contributed by atoms with Crippen LogP contribution in [0, 0.1) is 5.82 Å². The Morgan fingerprint density at radius 2 is 2.04 bits per heavy atom. The Bertz CT molecular complexity index is 910. The van der Waals surface area contributed by atoms with Crippen LogP contribution in [0.1, 0.15) is 5.56 Å². The fourth-order valence-electron chi connectivity index (χ4n) is 3.07. The first-order valence-corrected chi connectivity index (χ1v) is 7.97. The van der Waals surface area contributed by atoms with E-state index in [9.17, 15) is 9.18 Å². The summed E-state index contributed by atoms with van der Waals surface area (Å²) < 4.78 is 19.2. The summed E-state index contributed by atoms with van der Waals surface area (Å²) in [6.45, 7) is 0.298. The molecule has 122 valence electrons. The van der Waals surface area contributed by atoms with E-state index in [4.69, 9.17) is 16.3 Å². The third-order valence-electron chi connectivity index (χ3n) is 4.17. The molecule has 0 bridgehead atoms. The first kappa shape index (κ1) is 15.0. The Morgan fingerprint density at radius 1 is 1.25 bits per heavy atom. The first-order valence-electron chi connectivity index (χ1n) is 7.59. The minimum atomic E-state index is -0.448. The van der Waals surface area contributed by atoms with Crippen LogP contribution in [-0.2, 0) is 11.2 Å². The van der Waals surface area contributed by atoms with E-state index in [0.717, 1.165) is 5.56 Å². The van der Waals surface area contributed by atoms with Crippen molar-refractivity contribution >= 4 is 34.4 Å². The number of rotatable bonds is 3. The highest BCUT2D eigenvalue weighted by molar-refractivity contribution is 6.31. The average molecular weight is 345 g/mol. The number of halogens is 2. The van der Waals surface area contributed by atoms with E-state index in [1.54, 1.807) is 17.0 Å². The number of anilines is 1. The number of amides is 1. The summed E-state index contributed by atoms with van der Waals surface area (Å²) >= 11 is 5.90. The van der Waals surface area contributed by atoms with Gasteiger partial charge >= 0.3 is 6.09 Å². The van der Waals surface area contributed by atoms with E-state index in [0.29, 0.717) is 34.8 Å². The first-order chi connectivity index (χ1) is 11.6. The fourth-order valence-corrected chi connectivity index (χ4v) is 3.29. The van der Waals surface area contributed by atoms with Crippen molar-refractivity contribution in [1.82, 2.24) is 4.98 Å². The number of nitrogens with zero attached hydrogens (tertiary/aromatic N) is 1. The second-order valence-electron chi connectivity index (χ2n) is 5.80. The van der Waals surface area contributed by atoms with E-state index >= 15 is 0 Å². The van der Waals surface area contributed by atoms with E-state index in [-0.39, 0.29) is 6.04 Å². The van der Waals surface area contributed by atoms with E-state index in [1.165, 1.54) is 6.07 Å². The van der Waals surface area contributed by atoms with Gasteiger partial charge in [0.2, 0.25) is 0 Å². The summed E-state index contributed by atoms with van der Waals surface area (Å²) in [6.07, 6.45) is 0.222. The van der Waals surface area contributed by atoms with Crippen molar-refractivity contribution in [2.45, 2.75) is 12.5 Å². The predicted octanol–water partition coefficient (Wildman–Crippen LogP) is 4.53. The maximum Gasteiger partial charge on any atom is 0.415 e. The van der Waals surface area contributed by atoms with Gasteiger partial charge in [0.15, 0.2) is 0 Å². The number of fused-ring (bicyclic) bond motifs is 1. The van der Waals surface area contributed by atoms with Crippen LogP contribution in [0.5, 0.6) is 0 Å². The zero-order valence-corrected chi connectivity index (χ0v) is 13.4. The van der Waals surface area contributed by atoms with Crippen molar-refractivity contribution in [1.29, 1.82) is 0 Å². The van der Waals surface area contributed by atoms with Crippen molar-refractivity contribution in [2.24, 2.45) is 0 Å². The van der Waals surface area contributed by atoms with E-state index < -0.39 is 11.9 Å². The van der Waals surface area contributed by atoms with Gasteiger partial charge in [-0.15, -0.1) is 0 Å². The normalized spacial score (nSPS) is 17.5. The molecule has 1 unspecified atom stereocenters. The molecule has 0 saturated carbocycles. The molecule has 4 rings (SSSR count). The summed E-state index contributed by atoms with van der Waals surface area (Å²) in [5.41, 5.74) is 1.43. The number of hydrogen-bond donors (Lipinski definition) is 1. The van der Waals surface area contributed by atoms with Gasteiger partial charge in [0.05, 0.1) is 11.6 Å². The summed E-state index contributed by atoms with van der Waals surface area (Å²) in [5, 5.41) is 0.934. The monoisotopic (exact) mass is 344 g/mol. The lowest BCUT2D eigenvalue weighted by atomic mass is 10.1. The number of hydrogen-bond acceptors (Lipinski definition) is 2. The number of benzene rings is 2. The van der Waals surface area contributed by atoms with E-state index in [2.05, 4.69) is 4.98 Å². The van der Waals surface area contributed by atoms with Crippen molar-refractivity contribution in [3.8, 4) is 0 Å². The van der Waals surface area contributed by atoms with Gasteiger partial charge in [-0.2, -0.15) is 0 Å². The molecule has 1 fully saturated rings. The third-order valence-corrected chi connectivity index (χ3v) is 4.38. The minimum absolute atomic E-state index is 0.147. The summed E-state index contributed by atoms with van der Waals surface area (Å²) in [4.78, 5) is 16.7. The van der Waals surface area contributed by atoms with Crippen LogP contribution in [0.2, 0.25) is 5.02 Å². The highest BCUT2D eigenvalue weighted by Gasteiger charge is 2.35. The third kappa shape index (κ3) is 2.61. The number of cyclic esters (lactones) is 1. The molecule has 0 radical (unpaired) electrons. The van der Waals surface area contributed by atoms with Crippen molar-refractivity contribution in [3.63, 3.8) is 0 Å². The van der Waals surface area contributed by atoms with Crippen LogP contribution in [0.15, 0.2) is 48.5 Å². The molecule has 24 heavy (non-hydrogen) atoms. The second kappa shape index (κ2) is 5.83. The van der Waals surface area contributed by atoms with Crippen molar-refractivity contribution < 1.29 is 13.9 Å². The molecule has 1 atom stereocenters. The molecule has 1 aliphatic heterocycles. The van der Waals surface area contributed by atoms with Gasteiger partial charge in [-0.1, -0.05) is 41.9 Å². The summed E-state index contributed by atoms with van der Waals surface area (Å²) in [6, 6.07) is 14.3. The largest absolute Gasteiger partial charge is 0.447 e. The van der Waals surface area contributed by atoms with Crippen molar-refractivity contribution in [3.05, 3.63) is 64.9 Å². The van der Waals surface area contributed by atoms with Crippen LogP contribution in [0.25, 0.3) is 10.9 Å². The molecular weight excluding hydrogens is 331 g/mol. The lowest BCUT2D eigenvalue weighted by Crippen LogP contribution is -2.35. The Morgan fingerprint density at radius 3 is 2.83 bits per heavy atom. The maximum absolute atomic E-state index is 14.0. The molecule has 4 nitrogen and oxygen atoms in total. The van der Waals surface area contributed by atoms with Gasteiger partial charge in [-0.05, 0) is 30.2 Å². The smallest absolute Gasteiger partial charge is 0.415 e. The number of carbonyl (C=O) groups excluding carboxylic acids is 1. The molecule has 2 aromatic carbocycles. The summed E-state index contributed by atoms with van der Waals surface area (Å²) in [5.74, 6) is 0.0607. The van der Waals surface area contributed by atoms with Gasteiger partial charge in [0.25, 0.3) is 0 Å². The molecule has 1 N–H and O–H groups in total. The molecule has 0 spiro atoms. The van der Waals surface area contributed by atoms with Crippen LogP contribution >= 0.6 is 11.6 Å². The fraction of sp³-hybridized carbons (Fsp3) is 0.167. The highest BCUT2D eigenvalue weighted by atomic mass is 35.5. The lowest BCUT2D eigenvalue weighted by Gasteiger charge is -2.19. The SMILES string of the molecule is O=C1OCC(Cc2ccccc2)N1c1cc2cc(Cl)cc(F)c2[nH]1. The van der Waals surface area contributed by atoms with Crippen LogP contribution < -0.4 is 4.90 Å². The van der Waals surface area contributed by atoms with Crippen molar-refractivity contribution in [2.75, 3.05) is 11.5 Å². The Hall–Kier alpha value is -2.53. The lowest BCUT2D eigenvalue weighted by molar-refractivity contribution is 0.178. The number of carbonyl (C=O) groups is 1.